The summed E-state index contributed by atoms with van der Waals surface area (Å²) in [5.74, 6) is 1.38. The van der Waals surface area contributed by atoms with E-state index in [1.807, 2.05) is 12.1 Å². The van der Waals surface area contributed by atoms with E-state index in [1.54, 1.807) is 6.07 Å². The van der Waals surface area contributed by atoms with Crippen LogP contribution in [0.15, 0.2) is 22.7 Å². The predicted molar refractivity (Wildman–Crippen MR) is 64.9 cm³/mol. The van der Waals surface area contributed by atoms with Gasteiger partial charge >= 0.3 is 0 Å². The van der Waals surface area contributed by atoms with Gasteiger partial charge in [0.15, 0.2) is 0 Å². The quantitative estimate of drug-likeness (QED) is 0.868. The molecule has 1 saturated carbocycles. The van der Waals surface area contributed by atoms with E-state index in [0.717, 1.165) is 11.0 Å². The van der Waals surface area contributed by atoms with Gasteiger partial charge in [-0.15, -0.1) is 0 Å². The Kier molecular flexibility index (Phi) is 2.55. The number of aromatic hydroxyl groups is 1. The summed E-state index contributed by atoms with van der Waals surface area (Å²) < 4.78 is 0.762. The maximum atomic E-state index is 9.43. The van der Waals surface area contributed by atoms with Gasteiger partial charge in [0.05, 0.1) is 4.47 Å². The van der Waals surface area contributed by atoms with Crippen molar-refractivity contribution in [3.8, 4) is 5.75 Å². The molecule has 15 heavy (non-hydrogen) atoms. The Hall–Kier alpha value is -0.540. The Morgan fingerprint density at radius 1 is 1.47 bits per heavy atom. The lowest BCUT2D eigenvalue weighted by Gasteiger charge is -2.04. The van der Waals surface area contributed by atoms with Crippen LogP contribution in [0.25, 0.3) is 0 Å². The van der Waals surface area contributed by atoms with Gasteiger partial charge in [-0.1, -0.05) is 19.9 Å². The van der Waals surface area contributed by atoms with E-state index in [2.05, 4.69) is 29.8 Å². The molecule has 3 N–H and O–H groups in total. The number of phenols is 1. The second-order valence-electron chi connectivity index (χ2n) is 4.85. The van der Waals surface area contributed by atoms with Crippen molar-refractivity contribution < 1.29 is 5.11 Å². The Bertz CT molecular complexity index is 389. The monoisotopic (exact) mass is 269 g/mol. The van der Waals surface area contributed by atoms with E-state index in [4.69, 9.17) is 5.73 Å². The number of hydrogen-bond donors (Lipinski definition) is 2. The number of halogens is 1. The van der Waals surface area contributed by atoms with Gasteiger partial charge in [0.25, 0.3) is 0 Å². The van der Waals surface area contributed by atoms with Crippen LogP contribution in [0.5, 0.6) is 5.75 Å². The fourth-order valence-electron chi connectivity index (χ4n) is 2.56. The molecule has 0 bridgehead atoms. The average molecular weight is 270 g/mol. The van der Waals surface area contributed by atoms with Gasteiger partial charge in [0, 0.05) is 0 Å². The first-order valence-corrected chi connectivity index (χ1v) is 5.96. The molecule has 0 radical (unpaired) electrons. The van der Waals surface area contributed by atoms with Gasteiger partial charge in [-0.2, -0.15) is 0 Å². The molecule has 0 spiro atoms. The lowest BCUT2D eigenvalue weighted by atomic mass is 10.0. The molecule has 2 rings (SSSR count). The summed E-state index contributed by atoms with van der Waals surface area (Å²) in [6, 6.07) is 5.72. The second kappa shape index (κ2) is 3.49. The van der Waals surface area contributed by atoms with E-state index >= 15 is 0 Å². The van der Waals surface area contributed by atoms with Crippen molar-refractivity contribution in [1.29, 1.82) is 0 Å². The van der Waals surface area contributed by atoms with Gasteiger partial charge < -0.3 is 10.8 Å². The molecule has 1 aliphatic carbocycles. The molecule has 0 aromatic heterocycles. The van der Waals surface area contributed by atoms with Gasteiger partial charge in [-0.3, -0.25) is 0 Å². The molecule has 2 unspecified atom stereocenters. The molecule has 0 aliphatic heterocycles. The normalized spacial score (nSPS) is 27.7. The van der Waals surface area contributed by atoms with Crippen molar-refractivity contribution in [1.82, 2.24) is 0 Å². The minimum atomic E-state index is 0.293. The second-order valence-corrected chi connectivity index (χ2v) is 5.71. The minimum Gasteiger partial charge on any atom is -0.507 e. The van der Waals surface area contributed by atoms with Crippen molar-refractivity contribution in [2.24, 2.45) is 17.1 Å². The zero-order chi connectivity index (χ0) is 11.2. The van der Waals surface area contributed by atoms with E-state index in [0.29, 0.717) is 23.0 Å². The summed E-state index contributed by atoms with van der Waals surface area (Å²) in [6.07, 6.45) is 0. The minimum absolute atomic E-state index is 0.293. The van der Waals surface area contributed by atoms with Crippen LogP contribution in [-0.4, -0.2) is 11.7 Å². The highest BCUT2D eigenvalue weighted by Gasteiger charge is 2.57. The lowest BCUT2D eigenvalue weighted by molar-refractivity contribution is 0.471. The number of benzene rings is 1. The number of hydrogen-bond acceptors (Lipinski definition) is 2. The first-order chi connectivity index (χ1) is 6.98. The van der Waals surface area contributed by atoms with Gasteiger partial charge in [0.1, 0.15) is 5.75 Å². The van der Waals surface area contributed by atoms with Crippen molar-refractivity contribution in [2.45, 2.75) is 19.8 Å². The molecule has 82 valence electrons. The standard InChI is InChI=1S/C12H16BrNO/c1-12(2)8(6-14)11(12)7-3-4-10(15)9(13)5-7/h3-5,8,11,15H,6,14H2,1-2H3. The molecular weight excluding hydrogens is 254 g/mol. The number of phenolic OH excluding ortho intramolecular Hbond substituents is 1. The molecule has 3 heteroatoms. The van der Waals surface area contributed by atoms with Gasteiger partial charge in [-0.25, -0.2) is 0 Å². The maximum Gasteiger partial charge on any atom is 0.129 e. The predicted octanol–water partition coefficient (Wildman–Crippen LogP) is 2.85. The average Bonchev–Trinajstić information content (AvgIpc) is 2.73. The van der Waals surface area contributed by atoms with E-state index < -0.39 is 0 Å². The van der Waals surface area contributed by atoms with E-state index in [9.17, 15) is 5.11 Å². The van der Waals surface area contributed by atoms with Crippen LogP contribution in [0.1, 0.15) is 25.3 Å². The fourth-order valence-corrected chi connectivity index (χ4v) is 2.96. The van der Waals surface area contributed by atoms with Crippen LogP contribution in [0.4, 0.5) is 0 Å². The van der Waals surface area contributed by atoms with Crippen LogP contribution < -0.4 is 5.73 Å². The summed E-state index contributed by atoms with van der Waals surface area (Å²) >= 11 is 3.34. The highest BCUT2D eigenvalue weighted by molar-refractivity contribution is 9.10. The Balaban J connectivity index is 2.29. The molecule has 1 aromatic carbocycles. The third kappa shape index (κ3) is 1.68. The molecule has 1 fully saturated rings. The zero-order valence-electron chi connectivity index (χ0n) is 9.00. The summed E-state index contributed by atoms with van der Waals surface area (Å²) in [5.41, 5.74) is 7.30. The molecule has 0 saturated heterocycles. The summed E-state index contributed by atoms with van der Waals surface area (Å²) in [6.45, 7) is 5.22. The summed E-state index contributed by atoms with van der Waals surface area (Å²) in [4.78, 5) is 0. The Labute approximate surface area is 98.6 Å². The Morgan fingerprint density at radius 3 is 2.60 bits per heavy atom. The summed E-state index contributed by atoms with van der Waals surface area (Å²) in [5, 5.41) is 9.43. The largest absolute Gasteiger partial charge is 0.507 e. The highest BCUT2D eigenvalue weighted by Crippen LogP contribution is 2.64. The van der Waals surface area contributed by atoms with Gasteiger partial charge in [-0.05, 0) is 57.4 Å². The third-order valence-electron chi connectivity index (χ3n) is 3.64. The van der Waals surface area contributed by atoms with E-state index in [-0.39, 0.29) is 0 Å². The van der Waals surface area contributed by atoms with Crippen molar-refractivity contribution in [3.63, 3.8) is 0 Å². The zero-order valence-corrected chi connectivity index (χ0v) is 10.6. The lowest BCUT2D eigenvalue weighted by Crippen LogP contribution is -2.05. The van der Waals surface area contributed by atoms with Crippen molar-refractivity contribution in [2.75, 3.05) is 6.54 Å². The molecule has 2 atom stereocenters. The van der Waals surface area contributed by atoms with Crippen LogP contribution in [0.3, 0.4) is 0 Å². The number of nitrogens with two attached hydrogens (primary N) is 1. The Morgan fingerprint density at radius 2 is 2.13 bits per heavy atom. The smallest absolute Gasteiger partial charge is 0.129 e. The van der Waals surface area contributed by atoms with Crippen LogP contribution in [-0.2, 0) is 0 Å². The molecule has 0 heterocycles. The van der Waals surface area contributed by atoms with E-state index in [1.165, 1.54) is 5.56 Å². The third-order valence-corrected chi connectivity index (χ3v) is 4.27. The SMILES string of the molecule is CC1(C)C(CN)C1c1ccc(O)c(Br)c1. The molecule has 0 amide bonds. The van der Waals surface area contributed by atoms with Crippen molar-refractivity contribution in [3.05, 3.63) is 28.2 Å². The van der Waals surface area contributed by atoms with Crippen LogP contribution in [0.2, 0.25) is 0 Å². The topological polar surface area (TPSA) is 46.2 Å². The molecule has 1 aliphatic rings. The number of rotatable bonds is 2. The van der Waals surface area contributed by atoms with Crippen LogP contribution >= 0.6 is 15.9 Å². The first kappa shape index (κ1) is 11.0. The molecule has 1 aromatic rings. The highest BCUT2D eigenvalue weighted by atomic mass is 79.9. The fraction of sp³-hybridized carbons (Fsp3) is 0.500. The summed E-state index contributed by atoms with van der Waals surface area (Å²) in [7, 11) is 0. The van der Waals surface area contributed by atoms with Crippen LogP contribution in [0, 0.1) is 11.3 Å². The maximum absolute atomic E-state index is 9.43. The van der Waals surface area contributed by atoms with Gasteiger partial charge in [0.2, 0.25) is 0 Å². The van der Waals surface area contributed by atoms with Crippen molar-refractivity contribution >= 4 is 15.9 Å². The first-order valence-electron chi connectivity index (χ1n) is 5.17. The molecular formula is C12H16BrNO. The molecule has 2 nitrogen and oxygen atoms in total.